The summed E-state index contributed by atoms with van der Waals surface area (Å²) >= 11 is 0. The maximum absolute atomic E-state index is 13.0. The van der Waals surface area contributed by atoms with Crippen LogP contribution < -0.4 is 10.6 Å². The van der Waals surface area contributed by atoms with Gasteiger partial charge in [0.05, 0.1) is 0 Å². The Kier molecular flexibility index (Phi) is 4.24. The quantitative estimate of drug-likeness (QED) is 0.771. The molecule has 0 spiro atoms. The van der Waals surface area contributed by atoms with Crippen molar-refractivity contribution < 1.29 is 9.18 Å². The Morgan fingerprint density at radius 1 is 1.08 bits per heavy atom. The van der Waals surface area contributed by atoms with Crippen LogP contribution in [0, 0.1) is 5.82 Å². The summed E-state index contributed by atoms with van der Waals surface area (Å²) in [5.41, 5.74) is 4.29. The van der Waals surface area contributed by atoms with Crippen molar-refractivity contribution in [1.82, 2.24) is 9.88 Å². The normalized spacial score (nSPS) is 14.1. The van der Waals surface area contributed by atoms with E-state index in [-0.39, 0.29) is 18.3 Å². The zero-order valence-electron chi connectivity index (χ0n) is 13.9. The first-order valence-electron chi connectivity index (χ1n) is 8.57. The molecule has 25 heavy (non-hydrogen) atoms. The lowest BCUT2D eigenvalue weighted by molar-refractivity contribution is -0.116. The molecule has 0 radical (unpaired) electrons. The highest BCUT2D eigenvalue weighted by Crippen LogP contribution is 2.28. The van der Waals surface area contributed by atoms with E-state index >= 15 is 0 Å². The molecule has 0 bridgehead atoms. The number of halogens is 1. The van der Waals surface area contributed by atoms with Crippen LogP contribution in [-0.2, 0) is 24.2 Å². The summed E-state index contributed by atoms with van der Waals surface area (Å²) in [7, 11) is 0. The number of hydrogen-bond acceptors (Lipinski definition) is 2. The monoisotopic (exact) mass is 337 g/mol. The molecule has 1 aliphatic rings. The van der Waals surface area contributed by atoms with Gasteiger partial charge in [-0.15, -0.1) is 0 Å². The fraction of sp³-hybridized carbons (Fsp3) is 0.250. The number of nitrogens with zero attached hydrogens (tertiary/aromatic N) is 1. The predicted octanol–water partition coefficient (Wildman–Crippen LogP) is 3.11. The molecular weight excluding hydrogens is 317 g/mol. The average molecular weight is 337 g/mol. The van der Waals surface area contributed by atoms with Gasteiger partial charge in [0.25, 0.3) is 0 Å². The van der Waals surface area contributed by atoms with Gasteiger partial charge in [-0.25, -0.2) is 4.39 Å². The third-order valence-corrected chi connectivity index (χ3v) is 4.71. The van der Waals surface area contributed by atoms with E-state index in [4.69, 9.17) is 0 Å². The molecule has 5 heteroatoms. The number of carbonyl (C=O) groups excluding carboxylic acids is 1. The number of nitrogens with one attached hydrogen (secondary N) is 2. The lowest BCUT2D eigenvalue weighted by atomic mass is 10.1. The van der Waals surface area contributed by atoms with Crippen LogP contribution in [0.2, 0.25) is 0 Å². The second kappa shape index (κ2) is 6.69. The van der Waals surface area contributed by atoms with Crippen LogP contribution in [-0.4, -0.2) is 23.6 Å². The molecule has 2 heterocycles. The van der Waals surface area contributed by atoms with Crippen LogP contribution in [0.25, 0.3) is 10.9 Å². The van der Waals surface area contributed by atoms with Gasteiger partial charge in [-0.3, -0.25) is 4.79 Å². The summed E-state index contributed by atoms with van der Waals surface area (Å²) in [4.78, 5) is 12.5. The molecule has 4 rings (SSSR count). The van der Waals surface area contributed by atoms with Crippen molar-refractivity contribution in [1.29, 1.82) is 0 Å². The van der Waals surface area contributed by atoms with Crippen LogP contribution in [0.15, 0.2) is 48.5 Å². The van der Waals surface area contributed by atoms with Crippen molar-refractivity contribution in [3.63, 3.8) is 0 Å². The van der Waals surface area contributed by atoms with Crippen molar-refractivity contribution in [2.45, 2.75) is 19.4 Å². The van der Waals surface area contributed by atoms with E-state index in [1.807, 2.05) is 12.1 Å². The van der Waals surface area contributed by atoms with Gasteiger partial charge < -0.3 is 15.2 Å². The summed E-state index contributed by atoms with van der Waals surface area (Å²) in [5, 5.41) is 7.51. The lowest BCUT2D eigenvalue weighted by Crippen LogP contribution is -2.21. The van der Waals surface area contributed by atoms with Gasteiger partial charge in [0.15, 0.2) is 0 Å². The zero-order valence-corrected chi connectivity index (χ0v) is 13.9. The molecule has 2 N–H and O–H groups in total. The number of carbonyl (C=O) groups is 1. The van der Waals surface area contributed by atoms with Crippen LogP contribution in [0.3, 0.4) is 0 Å². The zero-order chi connectivity index (χ0) is 17.2. The predicted molar refractivity (Wildman–Crippen MR) is 97.2 cm³/mol. The largest absolute Gasteiger partial charge is 0.335 e. The van der Waals surface area contributed by atoms with E-state index < -0.39 is 0 Å². The highest BCUT2D eigenvalue weighted by atomic mass is 19.1. The molecule has 1 aromatic heterocycles. The maximum atomic E-state index is 13.0. The van der Waals surface area contributed by atoms with E-state index in [2.05, 4.69) is 27.3 Å². The molecule has 0 atom stereocenters. The topological polar surface area (TPSA) is 46.1 Å². The summed E-state index contributed by atoms with van der Waals surface area (Å²) in [5.74, 6) is -0.417. The molecule has 1 aliphatic heterocycles. The first-order valence-corrected chi connectivity index (χ1v) is 8.57. The van der Waals surface area contributed by atoms with E-state index in [1.165, 1.54) is 28.8 Å². The van der Waals surface area contributed by atoms with E-state index in [0.29, 0.717) is 5.69 Å². The molecule has 3 aromatic rings. The number of rotatable bonds is 3. The average Bonchev–Trinajstić information content (AvgIpc) is 2.77. The highest BCUT2D eigenvalue weighted by molar-refractivity contribution is 5.93. The summed E-state index contributed by atoms with van der Waals surface area (Å²) in [6.45, 7) is 2.14. The number of aromatic nitrogens is 1. The van der Waals surface area contributed by atoms with E-state index in [1.54, 1.807) is 12.1 Å². The van der Waals surface area contributed by atoms with E-state index in [9.17, 15) is 9.18 Å². The first kappa shape index (κ1) is 15.8. The van der Waals surface area contributed by atoms with Crippen LogP contribution in [0.5, 0.6) is 0 Å². The number of anilines is 1. The van der Waals surface area contributed by atoms with Crippen molar-refractivity contribution in [3.8, 4) is 0 Å². The number of para-hydroxylation sites is 1. The fourth-order valence-electron chi connectivity index (χ4n) is 3.60. The number of fused-ring (bicyclic) bond motifs is 3. The number of amides is 1. The van der Waals surface area contributed by atoms with Gasteiger partial charge in [-0.05, 0) is 48.9 Å². The smallest absolute Gasteiger partial charge is 0.244 e. The molecule has 0 saturated carbocycles. The standard InChI is InChI=1S/C20H20FN3O/c21-14-5-7-15(8-6-14)23-20(25)13-24-18-4-2-1-3-16(18)17-9-11-22-12-10-19(17)24/h1-8,22H,9-13H2,(H,23,25). The van der Waals surface area contributed by atoms with E-state index in [0.717, 1.165) is 31.4 Å². The Bertz CT molecular complexity index is 915. The Morgan fingerprint density at radius 2 is 1.84 bits per heavy atom. The van der Waals surface area contributed by atoms with Gasteiger partial charge in [-0.2, -0.15) is 0 Å². The molecule has 4 nitrogen and oxygen atoms in total. The third-order valence-electron chi connectivity index (χ3n) is 4.71. The minimum atomic E-state index is -0.313. The number of hydrogen-bond donors (Lipinski definition) is 2. The van der Waals surface area contributed by atoms with Crippen LogP contribution in [0.1, 0.15) is 11.3 Å². The Balaban J connectivity index is 1.65. The van der Waals surface area contributed by atoms with Crippen molar-refractivity contribution in [2.24, 2.45) is 0 Å². The van der Waals surface area contributed by atoms with Crippen molar-refractivity contribution >= 4 is 22.5 Å². The second-order valence-corrected chi connectivity index (χ2v) is 6.33. The van der Waals surface area contributed by atoms with Crippen molar-refractivity contribution in [3.05, 3.63) is 65.6 Å². The lowest BCUT2D eigenvalue weighted by Gasteiger charge is -2.11. The van der Waals surface area contributed by atoms with Gasteiger partial charge in [0, 0.05) is 35.2 Å². The first-order chi connectivity index (χ1) is 12.2. The molecule has 128 valence electrons. The van der Waals surface area contributed by atoms with Gasteiger partial charge >= 0.3 is 0 Å². The second-order valence-electron chi connectivity index (χ2n) is 6.33. The fourth-order valence-corrected chi connectivity index (χ4v) is 3.60. The molecule has 0 aliphatic carbocycles. The molecule has 1 amide bonds. The SMILES string of the molecule is O=C(Cn1c2c(c3ccccc31)CCNCC2)Nc1ccc(F)cc1. The Morgan fingerprint density at radius 3 is 2.68 bits per heavy atom. The Hall–Kier alpha value is -2.66. The minimum absolute atomic E-state index is 0.104. The highest BCUT2D eigenvalue weighted by Gasteiger charge is 2.19. The third kappa shape index (κ3) is 3.15. The van der Waals surface area contributed by atoms with Gasteiger partial charge in [0.2, 0.25) is 5.91 Å². The summed E-state index contributed by atoms with van der Waals surface area (Å²) < 4.78 is 15.1. The minimum Gasteiger partial charge on any atom is -0.335 e. The number of benzene rings is 2. The molecular formula is C20H20FN3O. The summed E-state index contributed by atoms with van der Waals surface area (Å²) in [6.07, 6.45) is 1.89. The summed E-state index contributed by atoms with van der Waals surface area (Å²) in [6, 6.07) is 14.1. The molecule has 2 aromatic carbocycles. The maximum Gasteiger partial charge on any atom is 0.244 e. The van der Waals surface area contributed by atoms with Crippen LogP contribution >= 0.6 is 0 Å². The van der Waals surface area contributed by atoms with Crippen LogP contribution in [0.4, 0.5) is 10.1 Å². The molecule has 0 fully saturated rings. The Labute approximate surface area is 145 Å². The van der Waals surface area contributed by atoms with Crippen molar-refractivity contribution in [2.75, 3.05) is 18.4 Å². The van der Waals surface area contributed by atoms with Gasteiger partial charge in [0.1, 0.15) is 12.4 Å². The molecule has 0 saturated heterocycles. The van der Waals surface area contributed by atoms with Gasteiger partial charge in [-0.1, -0.05) is 18.2 Å². The molecule has 0 unspecified atom stereocenters.